The summed E-state index contributed by atoms with van der Waals surface area (Å²) in [6, 6.07) is 5.19. The molecule has 0 aromatic heterocycles. The van der Waals surface area contributed by atoms with Gasteiger partial charge in [-0.15, -0.1) is 0 Å². The summed E-state index contributed by atoms with van der Waals surface area (Å²) in [5, 5.41) is 0.650. The van der Waals surface area contributed by atoms with Gasteiger partial charge in [-0.25, -0.2) is 0 Å². The lowest BCUT2D eigenvalue weighted by molar-refractivity contribution is -0.136. The van der Waals surface area contributed by atoms with Gasteiger partial charge in [0.15, 0.2) is 0 Å². The van der Waals surface area contributed by atoms with Gasteiger partial charge in [0.1, 0.15) is 0 Å². The summed E-state index contributed by atoms with van der Waals surface area (Å²) in [5.41, 5.74) is 6.31. The summed E-state index contributed by atoms with van der Waals surface area (Å²) in [4.78, 5) is 28.7. The topological polar surface area (TPSA) is 66.6 Å². The van der Waals surface area contributed by atoms with E-state index in [1.807, 2.05) is 4.90 Å². The van der Waals surface area contributed by atoms with Crippen molar-refractivity contribution in [1.29, 1.82) is 0 Å². The Morgan fingerprint density at radius 2 is 1.71 bits per heavy atom. The van der Waals surface area contributed by atoms with E-state index in [0.717, 1.165) is 19.3 Å². The van der Waals surface area contributed by atoms with Crippen LogP contribution in [0.5, 0.6) is 0 Å². The van der Waals surface area contributed by atoms with E-state index in [4.69, 9.17) is 28.9 Å². The highest BCUT2D eigenvalue weighted by atomic mass is 35.5. The molecule has 0 radical (unpaired) electrons. The number of rotatable bonds is 2. The second-order valence-electron chi connectivity index (χ2n) is 6.49. The number of hydrogen-bond acceptors (Lipinski definition) is 3. The zero-order valence-electron chi connectivity index (χ0n) is 13.4. The van der Waals surface area contributed by atoms with Crippen LogP contribution in [0.15, 0.2) is 18.2 Å². The Kier molecular flexibility index (Phi) is 5.33. The Bertz CT molecular complexity index is 645. The largest absolute Gasteiger partial charge is 0.339 e. The summed E-state index contributed by atoms with van der Waals surface area (Å²) in [5.74, 6) is 0.0814. The first-order valence-corrected chi connectivity index (χ1v) is 9.00. The van der Waals surface area contributed by atoms with Crippen LogP contribution in [0.4, 0.5) is 0 Å². The fourth-order valence-corrected chi connectivity index (χ4v) is 3.85. The molecular weight excluding hydrogens is 349 g/mol. The molecule has 0 spiro atoms. The van der Waals surface area contributed by atoms with E-state index in [1.54, 1.807) is 23.1 Å². The summed E-state index contributed by atoms with van der Waals surface area (Å²) in [6.07, 6.45) is 2.56. The van der Waals surface area contributed by atoms with Gasteiger partial charge in [-0.3, -0.25) is 9.59 Å². The van der Waals surface area contributed by atoms with Crippen LogP contribution in [-0.2, 0) is 4.79 Å². The van der Waals surface area contributed by atoms with E-state index in [0.29, 0.717) is 36.8 Å². The van der Waals surface area contributed by atoms with Crippen molar-refractivity contribution in [2.75, 3.05) is 26.2 Å². The van der Waals surface area contributed by atoms with Crippen LogP contribution < -0.4 is 5.73 Å². The smallest absolute Gasteiger partial charge is 0.255 e. The molecule has 1 aliphatic carbocycles. The molecule has 2 N–H and O–H groups in total. The first kappa shape index (κ1) is 17.5. The molecule has 7 heteroatoms. The van der Waals surface area contributed by atoms with Gasteiger partial charge in [-0.05, 0) is 31.4 Å². The molecule has 0 bridgehead atoms. The number of halogens is 2. The van der Waals surface area contributed by atoms with E-state index < -0.39 is 0 Å². The lowest BCUT2D eigenvalue weighted by Crippen LogP contribution is -2.51. The van der Waals surface area contributed by atoms with Crippen molar-refractivity contribution in [2.24, 2.45) is 11.7 Å². The van der Waals surface area contributed by atoms with Crippen LogP contribution in [0.3, 0.4) is 0 Å². The molecule has 1 aromatic carbocycles. The van der Waals surface area contributed by atoms with Crippen molar-refractivity contribution >= 4 is 35.0 Å². The molecule has 2 unspecified atom stereocenters. The normalized spacial score (nSPS) is 24.3. The minimum atomic E-state index is -0.141. The maximum Gasteiger partial charge on any atom is 0.255 e. The van der Waals surface area contributed by atoms with Crippen LogP contribution in [0.2, 0.25) is 10.0 Å². The van der Waals surface area contributed by atoms with Gasteiger partial charge in [0.05, 0.1) is 15.6 Å². The molecular formula is C17H21Cl2N3O2. The molecule has 1 aromatic rings. The highest BCUT2D eigenvalue weighted by molar-refractivity contribution is 6.43. The second kappa shape index (κ2) is 7.30. The third-order valence-electron chi connectivity index (χ3n) is 4.88. The number of carbonyl (C=O) groups is 2. The van der Waals surface area contributed by atoms with Crippen LogP contribution in [0.25, 0.3) is 0 Å². The first-order chi connectivity index (χ1) is 11.5. The average Bonchev–Trinajstić information content (AvgIpc) is 3.03. The molecule has 2 atom stereocenters. The number of piperazine rings is 1. The predicted octanol–water partition coefficient (Wildman–Crippen LogP) is 2.41. The molecule has 2 fully saturated rings. The highest BCUT2D eigenvalue weighted by Gasteiger charge is 2.33. The van der Waals surface area contributed by atoms with Gasteiger partial charge >= 0.3 is 0 Å². The van der Waals surface area contributed by atoms with Gasteiger partial charge in [-0.2, -0.15) is 0 Å². The van der Waals surface area contributed by atoms with Crippen molar-refractivity contribution in [1.82, 2.24) is 9.80 Å². The second-order valence-corrected chi connectivity index (χ2v) is 7.27. The molecule has 1 saturated heterocycles. The summed E-state index contributed by atoms with van der Waals surface area (Å²) in [6.45, 7) is 2.11. The van der Waals surface area contributed by atoms with Gasteiger partial charge in [0.25, 0.3) is 5.91 Å². The van der Waals surface area contributed by atoms with Crippen molar-refractivity contribution in [2.45, 2.75) is 25.3 Å². The van der Waals surface area contributed by atoms with Gasteiger partial charge in [-0.1, -0.05) is 29.3 Å². The van der Waals surface area contributed by atoms with Crippen molar-refractivity contribution < 1.29 is 9.59 Å². The monoisotopic (exact) mass is 369 g/mol. The van der Waals surface area contributed by atoms with Crippen LogP contribution in [-0.4, -0.2) is 53.8 Å². The highest BCUT2D eigenvalue weighted by Crippen LogP contribution is 2.28. The van der Waals surface area contributed by atoms with E-state index in [1.165, 1.54) is 0 Å². The standard InChI is InChI=1S/C17H21Cl2N3O2/c18-14-3-1-2-13(15(14)19)17(24)22-8-6-21(7-9-22)16(23)11-4-5-12(20)10-11/h1-3,11-12H,4-10,20H2. The van der Waals surface area contributed by atoms with E-state index >= 15 is 0 Å². The average molecular weight is 370 g/mol. The number of hydrogen-bond donors (Lipinski definition) is 1. The molecule has 2 aliphatic rings. The molecule has 130 valence electrons. The minimum absolute atomic E-state index is 0.0459. The minimum Gasteiger partial charge on any atom is -0.339 e. The lowest BCUT2D eigenvalue weighted by atomic mass is 10.1. The fraction of sp³-hybridized carbons (Fsp3) is 0.529. The number of benzene rings is 1. The van der Waals surface area contributed by atoms with E-state index in [-0.39, 0.29) is 28.8 Å². The maximum atomic E-state index is 12.6. The summed E-state index contributed by atoms with van der Waals surface area (Å²) in [7, 11) is 0. The number of nitrogens with zero attached hydrogens (tertiary/aromatic N) is 2. The Hall–Kier alpha value is -1.30. The summed E-state index contributed by atoms with van der Waals surface area (Å²) >= 11 is 12.1. The van der Waals surface area contributed by atoms with Crippen molar-refractivity contribution in [3.63, 3.8) is 0 Å². The summed E-state index contributed by atoms with van der Waals surface area (Å²) < 4.78 is 0. The lowest BCUT2D eigenvalue weighted by Gasteiger charge is -2.36. The molecule has 1 saturated carbocycles. The number of carbonyl (C=O) groups excluding carboxylic acids is 2. The molecule has 3 rings (SSSR count). The van der Waals surface area contributed by atoms with Crippen LogP contribution in [0, 0.1) is 5.92 Å². The van der Waals surface area contributed by atoms with Gasteiger partial charge < -0.3 is 15.5 Å². The quantitative estimate of drug-likeness (QED) is 0.870. The third-order valence-corrected chi connectivity index (χ3v) is 5.70. The van der Waals surface area contributed by atoms with E-state index in [9.17, 15) is 9.59 Å². The molecule has 5 nitrogen and oxygen atoms in total. The van der Waals surface area contributed by atoms with Crippen molar-refractivity contribution in [3.05, 3.63) is 33.8 Å². The maximum absolute atomic E-state index is 12.6. The number of amides is 2. The Morgan fingerprint density at radius 3 is 2.33 bits per heavy atom. The predicted molar refractivity (Wildman–Crippen MR) is 94.3 cm³/mol. The van der Waals surface area contributed by atoms with Gasteiger partial charge in [0.2, 0.25) is 5.91 Å². The Balaban J connectivity index is 1.59. The van der Waals surface area contributed by atoms with Crippen LogP contribution in [0.1, 0.15) is 29.6 Å². The third kappa shape index (κ3) is 3.53. The molecule has 1 aliphatic heterocycles. The molecule has 1 heterocycles. The SMILES string of the molecule is NC1CCC(C(=O)N2CCN(C(=O)c3cccc(Cl)c3Cl)CC2)C1. The Morgan fingerprint density at radius 1 is 1.04 bits per heavy atom. The zero-order valence-corrected chi connectivity index (χ0v) is 14.9. The molecule has 24 heavy (non-hydrogen) atoms. The number of nitrogens with two attached hydrogens (primary N) is 1. The zero-order chi connectivity index (χ0) is 17.3. The van der Waals surface area contributed by atoms with Crippen LogP contribution >= 0.6 is 23.2 Å². The van der Waals surface area contributed by atoms with Gasteiger partial charge in [0, 0.05) is 38.1 Å². The molecule has 2 amide bonds. The van der Waals surface area contributed by atoms with Crippen molar-refractivity contribution in [3.8, 4) is 0 Å². The fourth-order valence-electron chi connectivity index (χ4n) is 3.47. The van der Waals surface area contributed by atoms with E-state index in [2.05, 4.69) is 0 Å². The first-order valence-electron chi connectivity index (χ1n) is 8.25. The Labute approximate surface area is 151 Å².